The first-order chi connectivity index (χ1) is 8.97. The lowest BCUT2D eigenvalue weighted by Crippen LogP contribution is -2.34. The van der Waals surface area contributed by atoms with Gasteiger partial charge in [0.05, 0.1) is 5.71 Å². The van der Waals surface area contributed by atoms with Crippen LogP contribution < -0.4 is 10.7 Å². The molecular weight excluding hydrogens is 254 g/mol. The molecule has 1 aliphatic rings. The van der Waals surface area contributed by atoms with E-state index in [1.165, 1.54) is 35.1 Å². The van der Waals surface area contributed by atoms with Gasteiger partial charge in [0.25, 0.3) is 0 Å². The first-order valence-electron chi connectivity index (χ1n) is 6.66. The monoisotopic (exact) mass is 275 g/mol. The van der Waals surface area contributed by atoms with Gasteiger partial charge in [-0.05, 0) is 75.5 Å². The summed E-state index contributed by atoms with van der Waals surface area (Å²) in [4.78, 5) is 0. The molecule has 0 bridgehead atoms. The van der Waals surface area contributed by atoms with Gasteiger partial charge in [0.1, 0.15) is 0 Å². The van der Waals surface area contributed by atoms with Crippen LogP contribution in [0.5, 0.6) is 0 Å². The van der Waals surface area contributed by atoms with E-state index >= 15 is 0 Å². The molecule has 0 heterocycles. The highest BCUT2D eigenvalue weighted by Gasteiger charge is 2.21. The molecule has 3 nitrogen and oxygen atoms in total. The van der Waals surface area contributed by atoms with Gasteiger partial charge in [-0.15, -0.1) is 0 Å². The molecule has 102 valence electrons. The molecule has 0 aromatic heterocycles. The molecule has 1 fully saturated rings. The molecule has 1 aliphatic carbocycles. The molecule has 0 atom stereocenters. The lowest BCUT2D eigenvalue weighted by molar-refractivity contribution is 0.861. The summed E-state index contributed by atoms with van der Waals surface area (Å²) in [7, 11) is 0. The van der Waals surface area contributed by atoms with E-state index in [-0.39, 0.29) is 0 Å². The van der Waals surface area contributed by atoms with E-state index in [0.29, 0.717) is 11.2 Å². The predicted octanol–water partition coefficient (Wildman–Crippen LogP) is 2.96. The zero-order chi connectivity index (χ0) is 14.0. The quantitative estimate of drug-likeness (QED) is 0.506. The Bertz CT molecular complexity index is 530. The van der Waals surface area contributed by atoms with Crippen molar-refractivity contribution in [2.24, 2.45) is 5.10 Å². The Hall–Kier alpha value is -1.42. The van der Waals surface area contributed by atoms with Crippen LogP contribution in [0.1, 0.15) is 42.0 Å². The Morgan fingerprint density at radius 2 is 1.79 bits per heavy atom. The van der Waals surface area contributed by atoms with Gasteiger partial charge in [0.2, 0.25) is 0 Å². The minimum Gasteiger partial charge on any atom is -0.359 e. The summed E-state index contributed by atoms with van der Waals surface area (Å²) >= 11 is 5.19. The van der Waals surface area contributed by atoms with Crippen LogP contribution in [0, 0.1) is 20.8 Å². The molecule has 19 heavy (non-hydrogen) atoms. The molecule has 2 N–H and O–H groups in total. The first kappa shape index (κ1) is 14.0. The van der Waals surface area contributed by atoms with Gasteiger partial charge in [0, 0.05) is 11.6 Å². The molecule has 0 amide bonds. The van der Waals surface area contributed by atoms with E-state index in [1.807, 2.05) is 6.92 Å². The largest absolute Gasteiger partial charge is 0.359 e. The van der Waals surface area contributed by atoms with Crippen LogP contribution in [0.25, 0.3) is 0 Å². The number of hydrazone groups is 1. The fourth-order valence-electron chi connectivity index (χ4n) is 1.99. The fourth-order valence-corrected chi connectivity index (χ4v) is 2.20. The highest BCUT2D eigenvalue weighted by atomic mass is 32.1. The summed E-state index contributed by atoms with van der Waals surface area (Å²) < 4.78 is 0. The van der Waals surface area contributed by atoms with Crippen molar-refractivity contribution in [2.75, 3.05) is 0 Å². The minimum absolute atomic E-state index is 0.555. The zero-order valence-electron chi connectivity index (χ0n) is 12.0. The maximum Gasteiger partial charge on any atom is 0.187 e. The maximum atomic E-state index is 5.19. The van der Waals surface area contributed by atoms with Crippen molar-refractivity contribution in [3.05, 3.63) is 34.4 Å². The second-order valence-corrected chi connectivity index (χ2v) is 5.72. The molecule has 0 spiro atoms. The summed E-state index contributed by atoms with van der Waals surface area (Å²) in [5.74, 6) is 0. The van der Waals surface area contributed by atoms with Crippen molar-refractivity contribution >= 4 is 23.0 Å². The van der Waals surface area contributed by atoms with E-state index in [2.05, 4.69) is 48.7 Å². The third kappa shape index (κ3) is 3.77. The van der Waals surface area contributed by atoms with E-state index in [1.54, 1.807) is 0 Å². The number of nitrogens with one attached hydrogen (secondary N) is 2. The number of benzene rings is 1. The van der Waals surface area contributed by atoms with Crippen molar-refractivity contribution in [3.63, 3.8) is 0 Å². The van der Waals surface area contributed by atoms with E-state index in [9.17, 15) is 0 Å². The van der Waals surface area contributed by atoms with E-state index < -0.39 is 0 Å². The number of hydrogen-bond donors (Lipinski definition) is 2. The summed E-state index contributed by atoms with van der Waals surface area (Å²) in [6, 6.07) is 4.94. The Kier molecular flexibility index (Phi) is 4.20. The molecule has 0 radical (unpaired) electrons. The normalized spacial score (nSPS) is 15.3. The second kappa shape index (κ2) is 5.70. The third-order valence-electron chi connectivity index (χ3n) is 3.47. The summed E-state index contributed by atoms with van der Waals surface area (Å²) in [5.41, 5.74) is 8.89. The minimum atomic E-state index is 0.555. The van der Waals surface area contributed by atoms with Crippen molar-refractivity contribution in [3.8, 4) is 0 Å². The van der Waals surface area contributed by atoms with Crippen molar-refractivity contribution in [1.82, 2.24) is 10.7 Å². The van der Waals surface area contributed by atoms with Crippen LogP contribution in [0.3, 0.4) is 0 Å². The lowest BCUT2D eigenvalue weighted by atomic mass is 9.98. The molecule has 0 aliphatic heterocycles. The fraction of sp³-hybridized carbons (Fsp3) is 0.467. The molecule has 2 rings (SSSR count). The lowest BCUT2D eigenvalue weighted by Gasteiger charge is -2.11. The van der Waals surface area contributed by atoms with Crippen LogP contribution >= 0.6 is 12.2 Å². The third-order valence-corrected chi connectivity index (χ3v) is 3.68. The van der Waals surface area contributed by atoms with Gasteiger partial charge in [0.15, 0.2) is 5.11 Å². The molecule has 4 heteroatoms. The van der Waals surface area contributed by atoms with Gasteiger partial charge < -0.3 is 5.32 Å². The summed E-state index contributed by atoms with van der Waals surface area (Å²) in [5, 5.41) is 8.19. The summed E-state index contributed by atoms with van der Waals surface area (Å²) in [6.07, 6.45) is 2.42. The standard InChI is InChI=1S/C15H21N3S/c1-9-7-11(3)14(8-10(9)2)12(4)17-18-15(19)16-13-5-6-13/h7-8,13H,5-6H2,1-4H3,(H2,16,18,19). The number of thiocarbonyl (C=S) groups is 1. The van der Waals surface area contributed by atoms with Gasteiger partial charge in [-0.3, -0.25) is 5.43 Å². The summed E-state index contributed by atoms with van der Waals surface area (Å²) in [6.45, 7) is 8.37. The van der Waals surface area contributed by atoms with Gasteiger partial charge in [-0.25, -0.2) is 0 Å². The van der Waals surface area contributed by atoms with Gasteiger partial charge >= 0.3 is 0 Å². The average Bonchev–Trinajstić information content (AvgIpc) is 3.14. The Labute approximate surface area is 120 Å². The van der Waals surface area contributed by atoms with Crippen LogP contribution in [0.4, 0.5) is 0 Å². The topological polar surface area (TPSA) is 36.4 Å². The number of hydrogen-bond acceptors (Lipinski definition) is 2. The average molecular weight is 275 g/mol. The molecular formula is C15H21N3S. The van der Waals surface area contributed by atoms with E-state index in [0.717, 1.165) is 5.71 Å². The second-order valence-electron chi connectivity index (χ2n) is 5.31. The van der Waals surface area contributed by atoms with E-state index in [4.69, 9.17) is 12.2 Å². The van der Waals surface area contributed by atoms with Crippen molar-refractivity contribution < 1.29 is 0 Å². The molecule has 1 aromatic carbocycles. The predicted molar refractivity (Wildman–Crippen MR) is 84.8 cm³/mol. The smallest absolute Gasteiger partial charge is 0.187 e. The maximum absolute atomic E-state index is 5.19. The van der Waals surface area contributed by atoms with Crippen LogP contribution in [0.15, 0.2) is 17.2 Å². The number of aryl methyl sites for hydroxylation is 3. The van der Waals surface area contributed by atoms with Crippen molar-refractivity contribution in [2.45, 2.75) is 46.6 Å². The van der Waals surface area contributed by atoms with Crippen molar-refractivity contribution in [1.29, 1.82) is 0 Å². The molecule has 0 saturated heterocycles. The number of rotatable bonds is 3. The molecule has 1 saturated carbocycles. The Balaban J connectivity index is 2.07. The van der Waals surface area contributed by atoms with Crippen LogP contribution in [0.2, 0.25) is 0 Å². The SMILES string of the molecule is CC(=NNC(=S)NC1CC1)c1cc(C)c(C)cc1C. The number of nitrogens with zero attached hydrogens (tertiary/aromatic N) is 1. The van der Waals surface area contributed by atoms with Gasteiger partial charge in [-0.1, -0.05) is 6.07 Å². The Morgan fingerprint density at radius 1 is 1.16 bits per heavy atom. The molecule has 0 unspecified atom stereocenters. The van der Waals surface area contributed by atoms with Gasteiger partial charge in [-0.2, -0.15) is 5.10 Å². The first-order valence-corrected chi connectivity index (χ1v) is 7.07. The Morgan fingerprint density at radius 3 is 2.42 bits per heavy atom. The zero-order valence-corrected chi connectivity index (χ0v) is 12.8. The highest BCUT2D eigenvalue weighted by Crippen LogP contribution is 2.18. The van der Waals surface area contributed by atoms with Crippen LogP contribution in [-0.2, 0) is 0 Å². The molecule has 1 aromatic rings. The highest BCUT2D eigenvalue weighted by molar-refractivity contribution is 7.80. The van der Waals surface area contributed by atoms with Crippen LogP contribution in [-0.4, -0.2) is 16.9 Å².